The van der Waals surface area contributed by atoms with Gasteiger partial charge >= 0.3 is 0 Å². The number of hydrogen-bond donors (Lipinski definition) is 1. The third-order valence-electron chi connectivity index (χ3n) is 4.08. The topological polar surface area (TPSA) is 96.7 Å². The van der Waals surface area contributed by atoms with E-state index in [9.17, 15) is 18.0 Å². The van der Waals surface area contributed by atoms with Crippen molar-refractivity contribution in [2.75, 3.05) is 6.54 Å². The van der Waals surface area contributed by atoms with E-state index in [4.69, 9.17) is 4.42 Å². The molecule has 0 saturated carbocycles. The number of benzene rings is 1. The normalized spacial score (nSPS) is 16.2. The molecule has 1 aromatic heterocycles. The number of carbonyl (C=O) groups excluding carboxylic acids is 2. The summed E-state index contributed by atoms with van der Waals surface area (Å²) in [4.78, 5) is 24.5. The second-order valence-electron chi connectivity index (χ2n) is 5.99. The summed E-state index contributed by atoms with van der Waals surface area (Å²) < 4.78 is 31.3. The van der Waals surface area contributed by atoms with Crippen molar-refractivity contribution in [2.45, 2.75) is 20.4 Å². The van der Waals surface area contributed by atoms with Gasteiger partial charge in [-0.1, -0.05) is 29.8 Å². The molecule has 0 bridgehead atoms. The Bertz CT molecular complexity index is 973. The monoisotopic (exact) mass is 374 g/mol. The molecule has 0 atom stereocenters. The average molecular weight is 374 g/mol. The molecule has 0 radical (unpaired) electrons. The number of amides is 2. The van der Waals surface area contributed by atoms with Crippen molar-refractivity contribution in [3.05, 3.63) is 65.1 Å². The quantitative estimate of drug-likeness (QED) is 0.861. The lowest BCUT2D eigenvalue weighted by Gasteiger charge is -2.16. The van der Waals surface area contributed by atoms with E-state index in [1.807, 2.05) is 6.92 Å². The van der Waals surface area contributed by atoms with Crippen molar-refractivity contribution >= 4 is 26.7 Å². The van der Waals surface area contributed by atoms with Crippen LogP contribution in [0.1, 0.15) is 23.8 Å². The molecule has 26 heavy (non-hydrogen) atoms. The van der Waals surface area contributed by atoms with Crippen molar-refractivity contribution in [2.24, 2.45) is 0 Å². The molecule has 0 fully saturated rings. The molecule has 136 valence electrons. The number of aryl methyl sites for hydroxylation is 1. The van der Waals surface area contributed by atoms with Crippen LogP contribution in [0.15, 0.2) is 52.7 Å². The first-order chi connectivity index (χ1) is 12.3. The molecule has 1 aromatic carbocycles. The molecule has 2 heterocycles. The van der Waals surface area contributed by atoms with Gasteiger partial charge in [-0.3, -0.25) is 9.59 Å². The zero-order valence-corrected chi connectivity index (χ0v) is 15.2. The summed E-state index contributed by atoms with van der Waals surface area (Å²) >= 11 is 0. The molecule has 2 aromatic rings. The minimum absolute atomic E-state index is 0.0543. The second-order valence-corrected chi connectivity index (χ2v) is 7.79. The Morgan fingerprint density at radius 3 is 2.46 bits per heavy atom. The van der Waals surface area contributed by atoms with E-state index in [2.05, 4.69) is 5.32 Å². The lowest BCUT2D eigenvalue weighted by molar-refractivity contribution is -0.128. The minimum Gasteiger partial charge on any atom is -0.467 e. The third-order valence-corrected chi connectivity index (χ3v) is 6.01. The number of sulfonamides is 1. The molecule has 3 rings (SSSR count). The first-order valence-corrected chi connectivity index (χ1v) is 9.39. The van der Waals surface area contributed by atoms with Gasteiger partial charge < -0.3 is 9.73 Å². The van der Waals surface area contributed by atoms with E-state index in [1.54, 1.807) is 36.4 Å². The summed E-state index contributed by atoms with van der Waals surface area (Å²) in [6.45, 7) is 2.88. The molecule has 1 N–H and O–H groups in total. The van der Waals surface area contributed by atoms with Crippen molar-refractivity contribution in [3.63, 3.8) is 0 Å². The molecule has 1 aliphatic heterocycles. The predicted octanol–water partition coefficient (Wildman–Crippen LogP) is 1.81. The zero-order valence-electron chi connectivity index (χ0n) is 14.4. The number of nitrogens with zero attached hydrogens (tertiary/aromatic N) is 1. The minimum atomic E-state index is -4.08. The van der Waals surface area contributed by atoms with Crippen LogP contribution in [-0.2, 0) is 26.2 Å². The smallest absolute Gasteiger partial charge is 0.268 e. The number of carbonyl (C=O) groups is 2. The molecule has 1 aliphatic rings. The van der Waals surface area contributed by atoms with Crippen LogP contribution in [0.2, 0.25) is 0 Å². The van der Waals surface area contributed by atoms with Gasteiger partial charge in [0.05, 0.1) is 12.8 Å². The van der Waals surface area contributed by atoms with Gasteiger partial charge in [0, 0.05) is 5.57 Å². The van der Waals surface area contributed by atoms with Crippen molar-refractivity contribution < 1.29 is 22.4 Å². The highest BCUT2D eigenvalue weighted by Gasteiger charge is 2.43. The Morgan fingerprint density at radius 1 is 1.15 bits per heavy atom. The highest BCUT2D eigenvalue weighted by Crippen LogP contribution is 2.35. The maximum absolute atomic E-state index is 12.8. The summed E-state index contributed by atoms with van der Waals surface area (Å²) in [6, 6.07) is 10.2. The summed E-state index contributed by atoms with van der Waals surface area (Å²) in [6.07, 6.45) is 1.47. The lowest BCUT2D eigenvalue weighted by atomic mass is 10.1. The number of furan rings is 1. The van der Waals surface area contributed by atoms with Gasteiger partial charge in [0.25, 0.3) is 15.9 Å². The highest BCUT2D eigenvalue weighted by atomic mass is 32.2. The number of nitrogens with one attached hydrogen (secondary N) is 1. The van der Waals surface area contributed by atoms with Crippen molar-refractivity contribution in [1.29, 1.82) is 0 Å². The van der Waals surface area contributed by atoms with E-state index in [1.165, 1.54) is 13.2 Å². The molecule has 8 heteroatoms. The van der Waals surface area contributed by atoms with Crippen LogP contribution in [-0.4, -0.2) is 31.1 Å². The van der Waals surface area contributed by atoms with Gasteiger partial charge in [-0.05, 0) is 31.5 Å². The maximum Gasteiger partial charge on any atom is 0.268 e. The molecular formula is C18H18N2O5S. The van der Waals surface area contributed by atoms with Gasteiger partial charge in [0.15, 0.2) is 0 Å². The van der Waals surface area contributed by atoms with Crippen LogP contribution >= 0.6 is 0 Å². The predicted molar refractivity (Wildman–Crippen MR) is 95.0 cm³/mol. The molecule has 0 spiro atoms. The van der Waals surface area contributed by atoms with E-state index in [-0.39, 0.29) is 17.0 Å². The summed E-state index contributed by atoms with van der Waals surface area (Å²) in [5.74, 6) is -0.742. The number of hydrogen-bond acceptors (Lipinski definition) is 5. The fraction of sp³-hybridized carbons (Fsp3) is 0.222. The standard InChI is InChI=1S/C18H18N2O5S/c1-12-5-7-14(8-6-12)17-13(2)18(22)20(26(17,23)24)11-16(21)19-10-15-4-3-9-25-15/h3-9H,10-11H2,1-2H3,(H,19,21). The SMILES string of the molecule is CC1=C(c2ccc(C)cc2)S(=O)(=O)N(CC(=O)NCc2ccco2)C1=O. The number of rotatable bonds is 5. The van der Waals surface area contributed by atoms with Crippen molar-refractivity contribution in [1.82, 2.24) is 9.62 Å². The third kappa shape index (κ3) is 3.28. The molecule has 7 nitrogen and oxygen atoms in total. The van der Waals surface area contributed by atoms with Gasteiger partial charge in [-0.2, -0.15) is 0 Å². The van der Waals surface area contributed by atoms with E-state index in [0.29, 0.717) is 15.6 Å². The van der Waals surface area contributed by atoms with E-state index < -0.39 is 28.4 Å². The maximum atomic E-state index is 12.8. The lowest BCUT2D eigenvalue weighted by Crippen LogP contribution is -2.40. The van der Waals surface area contributed by atoms with Gasteiger partial charge in [-0.15, -0.1) is 0 Å². The van der Waals surface area contributed by atoms with Gasteiger partial charge in [0.1, 0.15) is 17.2 Å². The first-order valence-electron chi connectivity index (χ1n) is 7.95. The zero-order chi connectivity index (χ0) is 18.9. The average Bonchev–Trinajstić information content (AvgIpc) is 3.17. The van der Waals surface area contributed by atoms with E-state index >= 15 is 0 Å². The second kappa shape index (κ2) is 6.80. The molecule has 0 unspecified atom stereocenters. The summed E-state index contributed by atoms with van der Waals surface area (Å²) in [7, 11) is -4.08. The first kappa shape index (κ1) is 17.9. The molecule has 0 saturated heterocycles. The van der Waals surface area contributed by atoms with E-state index in [0.717, 1.165) is 5.56 Å². The Hall–Kier alpha value is -2.87. The Kier molecular flexibility index (Phi) is 4.69. The summed E-state index contributed by atoms with van der Waals surface area (Å²) in [5.41, 5.74) is 1.51. The van der Waals surface area contributed by atoms with Gasteiger partial charge in [0.2, 0.25) is 5.91 Å². The Morgan fingerprint density at radius 2 is 1.85 bits per heavy atom. The van der Waals surface area contributed by atoms with Crippen LogP contribution in [0.5, 0.6) is 0 Å². The van der Waals surface area contributed by atoms with Crippen LogP contribution in [0.3, 0.4) is 0 Å². The Labute approximate surface area is 151 Å². The van der Waals surface area contributed by atoms with Crippen LogP contribution in [0.25, 0.3) is 4.91 Å². The van der Waals surface area contributed by atoms with Crippen LogP contribution < -0.4 is 5.32 Å². The highest BCUT2D eigenvalue weighted by molar-refractivity contribution is 7.99. The fourth-order valence-corrected chi connectivity index (χ4v) is 4.48. The molecule has 0 aliphatic carbocycles. The molecular weight excluding hydrogens is 356 g/mol. The largest absolute Gasteiger partial charge is 0.467 e. The summed E-state index contributed by atoms with van der Waals surface area (Å²) in [5, 5.41) is 2.54. The fourth-order valence-electron chi connectivity index (χ4n) is 2.71. The van der Waals surface area contributed by atoms with Gasteiger partial charge in [-0.25, -0.2) is 12.7 Å². The van der Waals surface area contributed by atoms with Crippen molar-refractivity contribution in [3.8, 4) is 0 Å². The Balaban J connectivity index is 1.79. The van der Waals surface area contributed by atoms with Crippen LogP contribution in [0.4, 0.5) is 0 Å². The molecule has 2 amide bonds. The van der Waals surface area contributed by atoms with Crippen LogP contribution in [0, 0.1) is 6.92 Å².